The third-order valence-corrected chi connectivity index (χ3v) is 3.92. The number of carbonyl (C=O) groups is 1. The van der Waals surface area contributed by atoms with Gasteiger partial charge in [0.1, 0.15) is 0 Å². The molecule has 0 fully saturated rings. The van der Waals surface area contributed by atoms with Gasteiger partial charge in [-0.15, -0.1) is 0 Å². The van der Waals surface area contributed by atoms with Crippen molar-refractivity contribution in [1.82, 2.24) is 0 Å². The van der Waals surface area contributed by atoms with E-state index in [2.05, 4.69) is 6.07 Å². The summed E-state index contributed by atoms with van der Waals surface area (Å²) in [5.41, 5.74) is 2.59. The topological polar surface area (TPSA) is 59.3 Å². The monoisotopic (exact) mass is 355 g/mol. The number of esters is 1. The van der Waals surface area contributed by atoms with E-state index in [-0.39, 0.29) is 0 Å². The summed E-state index contributed by atoms with van der Waals surface area (Å²) >= 11 is 0. The molecule has 3 aromatic carbocycles. The van der Waals surface area contributed by atoms with E-state index in [4.69, 9.17) is 9.47 Å². The van der Waals surface area contributed by atoms with Crippen LogP contribution in [0.3, 0.4) is 0 Å². The summed E-state index contributed by atoms with van der Waals surface area (Å²) in [4.78, 5) is 12.2. The zero-order valence-electron chi connectivity index (χ0n) is 14.8. The van der Waals surface area contributed by atoms with Gasteiger partial charge in [0.2, 0.25) is 0 Å². The normalized spacial score (nSPS) is 10.7. The molecule has 0 aliphatic rings. The minimum atomic E-state index is -0.459. The van der Waals surface area contributed by atoms with Crippen LogP contribution < -0.4 is 9.47 Å². The van der Waals surface area contributed by atoms with E-state index in [1.165, 1.54) is 7.11 Å². The predicted molar refractivity (Wildman–Crippen MR) is 104 cm³/mol. The minimum absolute atomic E-state index is 0.321. The van der Waals surface area contributed by atoms with Crippen molar-refractivity contribution in [2.75, 3.05) is 7.11 Å². The molecule has 0 atom stereocenters. The molecular weight excluding hydrogens is 338 g/mol. The molecule has 27 heavy (non-hydrogen) atoms. The summed E-state index contributed by atoms with van der Waals surface area (Å²) < 4.78 is 10.8. The second kappa shape index (κ2) is 8.50. The van der Waals surface area contributed by atoms with Crippen LogP contribution in [0.2, 0.25) is 0 Å². The molecule has 0 saturated carbocycles. The maximum Gasteiger partial charge on any atom is 0.343 e. The number of allylic oxidation sites excluding steroid dienone is 1. The second-order valence-electron chi connectivity index (χ2n) is 5.70. The third-order valence-electron chi connectivity index (χ3n) is 3.92. The zero-order chi connectivity index (χ0) is 19.1. The maximum atomic E-state index is 12.2. The molecule has 132 valence electrons. The lowest BCUT2D eigenvalue weighted by Gasteiger charge is -2.10. The lowest BCUT2D eigenvalue weighted by molar-refractivity contribution is 0.0729. The fraction of sp³-hybridized carbons (Fsp3) is 0.0435. The van der Waals surface area contributed by atoms with Crippen molar-refractivity contribution in [3.63, 3.8) is 0 Å². The number of hydrogen-bond donors (Lipinski definition) is 0. The number of carbonyl (C=O) groups excluding carboxylic acids is 1. The smallest absolute Gasteiger partial charge is 0.343 e. The highest BCUT2D eigenvalue weighted by atomic mass is 16.6. The van der Waals surface area contributed by atoms with E-state index in [9.17, 15) is 10.1 Å². The average Bonchev–Trinajstić information content (AvgIpc) is 2.74. The summed E-state index contributed by atoms with van der Waals surface area (Å²) in [6.45, 7) is 0. The molecule has 0 N–H and O–H groups in total. The third kappa shape index (κ3) is 4.42. The van der Waals surface area contributed by atoms with Crippen molar-refractivity contribution in [2.45, 2.75) is 0 Å². The van der Waals surface area contributed by atoms with Crippen molar-refractivity contribution < 1.29 is 14.3 Å². The van der Waals surface area contributed by atoms with Crippen LogP contribution in [0.25, 0.3) is 11.6 Å². The van der Waals surface area contributed by atoms with Gasteiger partial charge in [-0.1, -0.05) is 54.6 Å². The number of rotatable bonds is 5. The van der Waals surface area contributed by atoms with E-state index in [1.807, 2.05) is 36.4 Å². The van der Waals surface area contributed by atoms with Crippen LogP contribution in [0.5, 0.6) is 11.5 Å². The standard InChI is InChI=1S/C23H17NO3/c1-26-22-15-17(14-20(16-24)18-8-4-2-5-9-18)12-13-21(22)27-23(25)19-10-6-3-7-11-19/h2-15H,1H3. The first-order valence-electron chi connectivity index (χ1n) is 8.34. The van der Waals surface area contributed by atoms with E-state index < -0.39 is 5.97 Å². The summed E-state index contributed by atoms with van der Waals surface area (Å²) in [6.07, 6.45) is 1.76. The Bertz CT molecular complexity index is 1000. The van der Waals surface area contributed by atoms with E-state index in [0.29, 0.717) is 22.6 Å². The van der Waals surface area contributed by atoms with Crippen LogP contribution in [0.1, 0.15) is 21.5 Å². The van der Waals surface area contributed by atoms with Crippen molar-refractivity contribution >= 4 is 17.6 Å². The highest BCUT2D eigenvalue weighted by molar-refractivity contribution is 5.92. The molecule has 0 bridgehead atoms. The number of ether oxygens (including phenoxy) is 2. The van der Waals surface area contributed by atoms with Gasteiger partial charge >= 0.3 is 5.97 Å². The number of nitrogens with zero attached hydrogens (tertiary/aromatic N) is 1. The first-order valence-corrected chi connectivity index (χ1v) is 8.34. The van der Waals surface area contributed by atoms with Gasteiger partial charge in [0.15, 0.2) is 11.5 Å². The molecular formula is C23H17NO3. The molecule has 0 amide bonds. The number of benzene rings is 3. The van der Waals surface area contributed by atoms with Gasteiger partial charge in [-0.05, 0) is 41.5 Å². The molecule has 4 nitrogen and oxygen atoms in total. The molecule has 0 unspecified atom stereocenters. The first-order chi connectivity index (χ1) is 13.2. The summed E-state index contributed by atoms with van der Waals surface area (Å²) in [5, 5.41) is 9.45. The minimum Gasteiger partial charge on any atom is -0.493 e. The Morgan fingerprint density at radius 2 is 1.52 bits per heavy atom. The van der Waals surface area contributed by atoms with Gasteiger partial charge in [-0.2, -0.15) is 5.26 Å². The Morgan fingerprint density at radius 1 is 0.889 bits per heavy atom. The molecule has 0 radical (unpaired) electrons. The van der Waals surface area contributed by atoms with Crippen molar-refractivity contribution in [3.8, 4) is 17.6 Å². The Kier molecular flexibility index (Phi) is 5.66. The summed E-state index contributed by atoms with van der Waals surface area (Å²) in [7, 11) is 1.51. The lowest BCUT2D eigenvalue weighted by Crippen LogP contribution is -2.09. The van der Waals surface area contributed by atoms with Gasteiger partial charge in [-0.25, -0.2) is 4.79 Å². The number of methoxy groups -OCH3 is 1. The van der Waals surface area contributed by atoms with Gasteiger partial charge in [-0.3, -0.25) is 0 Å². The van der Waals surface area contributed by atoms with E-state index in [0.717, 1.165) is 11.1 Å². The van der Waals surface area contributed by atoms with Gasteiger partial charge in [0.05, 0.1) is 24.3 Å². The molecule has 0 aliphatic heterocycles. The number of hydrogen-bond acceptors (Lipinski definition) is 4. The zero-order valence-corrected chi connectivity index (χ0v) is 14.8. The quantitative estimate of drug-likeness (QED) is 0.280. The van der Waals surface area contributed by atoms with Crippen LogP contribution in [-0.2, 0) is 0 Å². The largest absolute Gasteiger partial charge is 0.493 e. The van der Waals surface area contributed by atoms with Gasteiger partial charge in [0, 0.05) is 0 Å². The maximum absolute atomic E-state index is 12.2. The summed E-state index contributed by atoms with van der Waals surface area (Å²) in [5.74, 6) is 0.277. The molecule has 0 saturated heterocycles. The molecule has 0 aliphatic carbocycles. The predicted octanol–water partition coefficient (Wildman–Crippen LogP) is 4.98. The molecule has 3 aromatic rings. The molecule has 0 heterocycles. The van der Waals surface area contributed by atoms with Crippen LogP contribution in [0.4, 0.5) is 0 Å². The SMILES string of the molecule is COc1cc(C=C(C#N)c2ccccc2)ccc1OC(=O)c1ccccc1. The Morgan fingerprint density at radius 3 is 2.11 bits per heavy atom. The summed E-state index contributed by atoms with van der Waals surface area (Å²) in [6, 6.07) is 25.5. The highest BCUT2D eigenvalue weighted by Crippen LogP contribution is 2.30. The van der Waals surface area contributed by atoms with Crippen LogP contribution in [0, 0.1) is 11.3 Å². The molecule has 4 heteroatoms. The first kappa shape index (κ1) is 18.0. The van der Waals surface area contributed by atoms with E-state index >= 15 is 0 Å². The fourth-order valence-corrected chi connectivity index (χ4v) is 2.56. The number of nitriles is 1. The Hall–Kier alpha value is -3.84. The second-order valence-corrected chi connectivity index (χ2v) is 5.70. The van der Waals surface area contributed by atoms with Gasteiger partial charge < -0.3 is 9.47 Å². The fourth-order valence-electron chi connectivity index (χ4n) is 2.56. The average molecular weight is 355 g/mol. The lowest BCUT2D eigenvalue weighted by atomic mass is 10.0. The molecule has 0 spiro atoms. The van der Waals surface area contributed by atoms with Crippen molar-refractivity contribution in [1.29, 1.82) is 5.26 Å². The van der Waals surface area contributed by atoms with Crippen molar-refractivity contribution in [2.24, 2.45) is 0 Å². The van der Waals surface area contributed by atoms with Crippen LogP contribution in [0.15, 0.2) is 78.9 Å². The highest BCUT2D eigenvalue weighted by Gasteiger charge is 2.12. The Balaban J connectivity index is 1.87. The Labute approximate surface area is 157 Å². The molecule has 0 aromatic heterocycles. The van der Waals surface area contributed by atoms with Crippen LogP contribution in [-0.4, -0.2) is 13.1 Å². The molecule has 3 rings (SSSR count). The van der Waals surface area contributed by atoms with E-state index in [1.54, 1.807) is 48.5 Å². The van der Waals surface area contributed by atoms with Gasteiger partial charge in [0.25, 0.3) is 0 Å². The van der Waals surface area contributed by atoms with Crippen LogP contribution >= 0.6 is 0 Å². The van der Waals surface area contributed by atoms with Crippen molar-refractivity contribution in [3.05, 3.63) is 95.6 Å².